The van der Waals surface area contributed by atoms with E-state index >= 15 is 0 Å². The third kappa shape index (κ3) is 4.21. The fourth-order valence-electron chi connectivity index (χ4n) is 2.56. The first kappa shape index (κ1) is 16.7. The average molecular weight is 328 g/mol. The molecule has 0 saturated heterocycles. The summed E-state index contributed by atoms with van der Waals surface area (Å²) in [4.78, 5) is 12.6. The largest absolute Gasteiger partial charge is 0.383 e. The van der Waals surface area contributed by atoms with E-state index in [2.05, 4.69) is 15.7 Å². The molecule has 128 valence electrons. The second-order valence-electron chi connectivity index (χ2n) is 5.97. The number of aromatic nitrogens is 2. The van der Waals surface area contributed by atoms with E-state index in [9.17, 15) is 4.79 Å². The lowest BCUT2D eigenvalue weighted by Gasteiger charge is -2.09. The van der Waals surface area contributed by atoms with Crippen molar-refractivity contribution in [3.8, 4) is 5.69 Å². The highest BCUT2D eigenvalue weighted by molar-refractivity contribution is 5.93. The third-order valence-electron chi connectivity index (χ3n) is 4.03. The SMILES string of the molecule is COCCNCCNC(=O)c1cc(C2CC2)nn1-c1ccccc1. The molecule has 2 aromatic rings. The summed E-state index contributed by atoms with van der Waals surface area (Å²) < 4.78 is 6.72. The zero-order valence-corrected chi connectivity index (χ0v) is 14.0. The number of nitrogens with one attached hydrogen (secondary N) is 2. The van der Waals surface area contributed by atoms with Crippen LogP contribution in [0.15, 0.2) is 36.4 Å². The van der Waals surface area contributed by atoms with E-state index in [0.29, 0.717) is 31.3 Å². The molecule has 1 fully saturated rings. The number of hydrogen-bond acceptors (Lipinski definition) is 4. The van der Waals surface area contributed by atoms with Gasteiger partial charge < -0.3 is 15.4 Å². The van der Waals surface area contributed by atoms with Crippen LogP contribution in [0.25, 0.3) is 5.69 Å². The van der Waals surface area contributed by atoms with E-state index in [1.807, 2.05) is 36.4 Å². The first-order chi connectivity index (χ1) is 11.8. The Morgan fingerprint density at radius 1 is 1.25 bits per heavy atom. The standard InChI is InChI=1S/C18H24N4O2/c1-24-12-11-19-9-10-20-18(23)17-13-16(14-7-8-14)21-22(17)15-5-3-2-4-6-15/h2-6,13-14,19H,7-12H2,1H3,(H,20,23). The van der Waals surface area contributed by atoms with Crippen LogP contribution in [0.2, 0.25) is 0 Å². The van der Waals surface area contributed by atoms with Gasteiger partial charge in [0.2, 0.25) is 0 Å². The summed E-state index contributed by atoms with van der Waals surface area (Å²) in [5.74, 6) is 0.420. The zero-order valence-electron chi connectivity index (χ0n) is 14.0. The minimum Gasteiger partial charge on any atom is -0.383 e. The zero-order chi connectivity index (χ0) is 16.8. The fourth-order valence-corrected chi connectivity index (χ4v) is 2.56. The Balaban J connectivity index is 1.66. The maximum atomic E-state index is 12.6. The number of ether oxygens (including phenoxy) is 1. The molecule has 6 heteroatoms. The molecule has 0 radical (unpaired) electrons. The quantitative estimate of drug-likeness (QED) is 0.688. The Morgan fingerprint density at radius 2 is 2.04 bits per heavy atom. The Kier molecular flexibility index (Phi) is 5.61. The molecule has 1 aliphatic rings. The second kappa shape index (κ2) is 8.08. The van der Waals surface area contributed by atoms with Gasteiger partial charge in [0.1, 0.15) is 5.69 Å². The highest BCUT2D eigenvalue weighted by Gasteiger charge is 2.28. The van der Waals surface area contributed by atoms with Crippen LogP contribution < -0.4 is 10.6 Å². The van der Waals surface area contributed by atoms with E-state index < -0.39 is 0 Å². The van der Waals surface area contributed by atoms with Gasteiger partial charge in [0.05, 0.1) is 18.0 Å². The smallest absolute Gasteiger partial charge is 0.270 e. The third-order valence-corrected chi connectivity index (χ3v) is 4.03. The molecule has 1 aliphatic carbocycles. The first-order valence-corrected chi connectivity index (χ1v) is 8.43. The molecule has 0 spiro atoms. The Labute approximate surface area is 142 Å². The van der Waals surface area contributed by atoms with Crippen LogP contribution in [0.1, 0.15) is 34.9 Å². The summed E-state index contributed by atoms with van der Waals surface area (Å²) in [6.07, 6.45) is 2.33. The molecule has 1 amide bonds. The van der Waals surface area contributed by atoms with Crippen LogP contribution in [0.4, 0.5) is 0 Å². The molecule has 1 saturated carbocycles. The van der Waals surface area contributed by atoms with Crippen LogP contribution in [-0.4, -0.2) is 49.0 Å². The van der Waals surface area contributed by atoms with E-state index in [1.165, 1.54) is 0 Å². The number of carbonyl (C=O) groups is 1. The van der Waals surface area contributed by atoms with Crippen molar-refractivity contribution >= 4 is 5.91 Å². The van der Waals surface area contributed by atoms with Crippen molar-refractivity contribution in [1.29, 1.82) is 0 Å². The lowest BCUT2D eigenvalue weighted by atomic mass is 10.2. The van der Waals surface area contributed by atoms with Crippen LogP contribution >= 0.6 is 0 Å². The highest BCUT2D eigenvalue weighted by Crippen LogP contribution is 2.39. The predicted octanol–water partition coefficient (Wildman–Crippen LogP) is 1.72. The number of hydrogen-bond donors (Lipinski definition) is 2. The Hall–Kier alpha value is -2.18. The summed E-state index contributed by atoms with van der Waals surface area (Å²) in [5.41, 5.74) is 2.52. The number of para-hydroxylation sites is 1. The molecule has 0 unspecified atom stereocenters. The molecule has 0 bridgehead atoms. The van der Waals surface area contributed by atoms with Crippen LogP contribution in [0.3, 0.4) is 0 Å². The summed E-state index contributed by atoms with van der Waals surface area (Å²) in [6, 6.07) is 11.7. The topological polar surface area (TPSA) is 68.2 Å². The van der Waals surface area contributed by atoms with E-state index in [-0.39, 0.29) is 5.91 Å². The molecule has 1 aromatic carbocycles. The number of carbonyl (C=O) groups excluding carboxylic acids is 1. The van der Waals surface area contributed by atoms with Gasteiger partial charge in [-0.25, -0.2) is 4.68 Å². The average Bonchev–Trinajstić information content (AvgIpc) is 3.37. The maximum absolute atomic E-state index is 12.6. The normalized spacial score (nSPS) is 13.9. The van der Waals surface area contributed by atoms with Gasteiger partial charge in [0.25, 0.3) is 5.91 Å². The van der Waals surface area contributed by atoms with Gasteiger partial charge in [-0.15, -0.1) is 0 Å². The van der Waals surface area contributed by atoms with Gasteiger partial charge >= 0.3 is 0 Å². The molecule has 2 N–H and O–H groups in total. The first-order valence-electron chi connectivity index (χ1n) is 8.43. The molecule has 1 aromatic heterocycles. The van der Waals surface area contributed by atoms with Gasteiger partial charge in [-0.2, -0.15) is 5.10 Å². The molecule has 24 heavy (non-hydrogen) atoms. The second-order valence-corrected chi connectivity index (χ2v) is 5.97. The van der Waals surface area contributed by atoms with Crippen LogP contribution in [0.5, 0.6) is 0 Å². The monoisotopic (exact) mass is 328 g/mol. The van der Waals surface area contributed by atoms with Crippen molar-refractivity contribution in [2.75, 3.05) is 33.4 Å². The Morgan fingerprint density at radius 3 is 2.75 bits per heavy atom. The molecule has 0 atom stereocenters. The van der Waals surface area contributed by atoms with Gasteiger partial charge in [0.15, 0.2) is 0 Å². The van der Waals surface area contributed by atoms with E-state index in [1.54, 1.807) is 11.8 Å². The summed E-state index contributed by atoms with van der Waals surface area (Å²) in [6.45, 7) is 2.73. The number of amides is 1. The van der Waals surface area contributed by atoms with Crippen molar-refractivity contribution < 1.29 is 9.53 Å². The number of nitrogens with zero attached hydrogens (tertiary/aromatic N) is 2. The Bertz CT molecular complexity index is 665. The minimum atomic E-state index is -0.0909. The van der Waals surface area contributed by atoms with Crippen molar-refractivity contribution in [3.63, 3.8) is 0 Å². The van der Waals surface area contributed by atoms with E-state index in [4.69, 9.17) is 4.74 Å². The lowest BCUT2D eigenvalue weighted by molar-refractivity contribution is 0.0946. The summed E-state index contributed by atoms with van der Waals surface area (Å²) >= 11 is 0. The van der Waals surface area contributed by atoms with Crippen molar-refractivity contribution in [3.05, 3.63) is 47.8 Å². The fraction of sp³-hybridized carbons (Fsp3) is 0.444. The molecule has 3 rings (SSSR count). The van der Waals surface area contributed by atoms with E-state index in [0.717, 1.165) is 30.8 Å². The predicted molar refractivity (Wildman–Crippen MR) is 92.6 cm³/mol. The van der Waals surface area contributed by atoms with Gasteiger partial charge in [-0.05, 0) is 31.0 Å². The maximum Gasteiger partial charge on any atom is 0.270 e. The van der Waals surface area contributed by atoms with Crippen molar-refractivity contribution in [2.24, 2.45) is 0 Å². The van der Waals surface area contributed by atoms with Gasteiger partial charge in [-0.3, -0.25) is 4.79 Å². The molecular weight excluding hydrogens is 304 g/mol. The van der Waals surface area contributed by atoms with Gasteiger partial charge in [-0.1, -0.05) is 18.2 Å². The van der Waals surface area contributed by atoms with Crippen LogP contribution in [0, 0.1) is 0 Å². The number of benzene rings is 1. The lowest BCUT2D eigenvalue weighted by Crippen LogP contribution is -2.34. The van der Waals surface area contributed by atoms with Crippen LogP contribution in [-0.2, 0) is 4.74 Å². The van der Waals surface area contributed by atoms with Gasteiger partial charge in [0, 0.05) is 32.7 Å². The number of methoxy groups -OCH3 is 1. The molecular formula is C18H24N4O2. The summed E-state index contributed by atoms with van der Waals surface area (Å²) in [7, 11) is 1.67. The summed E-state index contributed by atoms with van der Waals surface area (Å²) in [5, 5.41) is 10.8. The van der Waals surface area contributed by atoms with Crippen molar-refractivity contribution in [2.45, 2.75) is 18.8 Å². The number of rotatable bonds is 9. The molecule has 0 aliphatic heterocycles. The van der Waals surface area contributed by atoms with Crippen molar-refractivity contribution in [1.82, 2.24) is 20.4 Å². The minimum absolute atomic E-state index is 0.0909. The molecule has 6 nitrogen and oxygen atoms in total. The highest BCUT2D eigenvalue weighted by atomic mass is 16.5. The molecule has 1 heterocycles.